The molecule has 0 aliphatic heterocycles. The molecule has 0 amide bonds. The van der Waals surface area contributed by atoms with E-state index in [0.717, 1.165) is 11.1 Å². The lowest BCUT2D eigenvalue weighted by molar-refractivity contribution is 0.100. The van der Waals surface area contributed by atoms with E-state index in [1.807, 2.05) is 25.1 Å². The highest BCUT2D eigenvalue weighted by molar-refractivity contribution is 6.37. The van der Waals surface area contributed by atoms with E-state index in [1.165, 1.54) is 0 Å². The van der Waals surface area contributed by atoms with Crippen LogP contribution in [0, 0.1) is 0 Å². The highest BCUT2D eigenvalue weighted by Gasteiger charge is 2.27. The Morgan fingerprint density at radius 3 is 2.66 bits per heavy atom. The Labute approximate surface area is 215 Å². The summed E-state index contributed by atoms with van der Waals surface area (Å²) in [4.78, 5) is 17.8. The van der Waals surface area contributed by atoms with Crippen LogP contribution in [0.4, 0.5) is 0 Å². The molecule has 3 heterocycles. The minimum Gasteiger partial charge on any atom is -0.494 e. The summed E-state index contributed by atoms with van der Waals surface area (Å²) in [6, 6.07) is 15.9. The van der Waals surface area contributed by atoms with Crippen molar-refractivity contribution in [2.75, 3.05) is 6.61 Å². The van der Waals surface area contributed by atoms with Crippen LogP contribution in [-0.4, -0.2) is 32.1 Å². The summed E-state index contributed by atoms with van der Waals surface area (Å²) in [6.45, 7) is 2.67. The molecule has 0 N–H and O–H groups in total. The first-order chi connectivity index (χ1) is 17.0. The number of hydrogen-bond donors (Lipinski definition) is 0. The zero-order valence-corrected chi connectivity index (χ0v) is 20.6. The van der Waals surface area contributed by atoms with E-state index in [4.69, 9.17) is 44.0 Å². The number of carbonyl (C=O) groups is 1. The first-order valence-corrected chi connectivity index (χ1v) is 11.8. The Morgan fingerprint density at radius 1 is 1.06 bits per heavy atom. The third-order valence-electron chi connectivity index (χ3n) is 5.36. The maximum Gasteiger partial charge on any atom is 0.289 e. The summed E-state index contributed by atoms with van der Waals surface area (Å²) in [7, 11) is 0. The largest absolute Gasteiger partial charge is 0.494 e. The van der Waals surface area contributed by atoms with Gasteiger partial charge in [0.25, 0.3) is 17.6 Å². The molecule has 10 heteroatoms. The molecule has 0 aliphatic carbocycles. The van der Waals surface area contributed by atoms with Crippen LogP contribution in [0.1, 0.15) is 28.7 Å². The van der Waals surface area contributed by atoms with Gasteiger partial charge in [-0.3, -0.25) is 9.78 Å². The van der Waals surface area contributed by atoms with Gasteiger partial charge < -0.3 is 13.7 Å². The Hall–Kier alpha value is -3.39. The summed E-state index contributed by atoms with van der Waals surface area (Å²) in [5, 5.41) is 9.75. The third kappa shape index (κ3) is 4.50. The highest BCUT2D eigenvalue weighted by atomic mass is 35.5. The fourth-order valence-electron chi connectivity index (χ4n) is 3.76. The number of rotatable bonds is 7. The van der Waals surface area contributed by atoms with Gasteiger partial charge in [0, 0.05) is 21.6 Å². The van der Waals surface area contributed by atoms with E-state index in [1.54, 1.807) is 47.2 Å². The predicted molar refractivity (Wildman–Crippen MR) is 135 cm³/mol. The molecule has 0 unspecified atom stereocenters. The van der Waals surface area contributed by atoms with Gasteiger partial charge in [-0.1, -0.05) is 46.9 Å². The minimum absolute atomic E-state index is 0.136. The van der Waals surface area contributed by atoms with Gasteiger partial charge in [-0.15, -0.1) is 10.2 Å². The van der Waals surface area contributed by atoms with Gasteiger partial charge in [-0.2, -0.15) is 0 Å². The van der Waals surface area contributed by atoms with Crippen molar-refractivity contribution in [2.24, 2.45) is 0 Å². The molecule has 5 rings (SSSR count). The van der Waals surface area contributed by atoms with Crippen LogP contribution in [0.2, 0.25) is 15.2 Å². The molecule has 0 radical (unpaired) electrons. The van der Waals surface area contributed by atoms with Gasteiger partial charge in [0.15, 0.2) is 0 Å². The first kappa shape index (κ1) is 23.4. The lowest BCUT2D eigenvalue weighted by Crippen LogP contribution is -2.04. The van der Waals surface area contributed by atoms with E-state index in [0.29, 0.717) is 40.0 Å². The monoisotopic (exact) mass is 526 g/mol. The number of halogens is 3. The average Bonchev–Trinajstić information content (AvgIpc) is 3.45. The first-order valence-electron chi connectivity index (χ1n) is 10.6. The second-order valence-electron chi connectivity index (χ2n) is 7.56. The van der Waals surface area contributed by atoms with Gasteiger partial charge in [0.05, 0.1) is 24.2 Å². The molecule has 176 valence electrons. The third-order valence-corrected chi connectivity index (χ3v) is 6.34. The number of benzene rings is 2. The smallest absolute Gasteiger partial charge is 0.289 e. The van der Waals surface area contributed by atoms with Crippen LogP contribution in [0.3, 0.4) is 0 Å². The molecule has 0 atom stereocenters. The number of carbonyl (C=O) groups excluding carboxylic acids is 1. The van der Waals surface area contributed by atoms with Crippen LogP contribution in [0.15, 0.2) is 65.2 Å². The second kappa shape index (κ2) is 9.70. The molecule has 0 bridgehead atoms. The Kier molecular flexibility index (Phi) is 6.47. The Balaban J connectivity index is 1.62. The maximum atomic E-state index is 13.6. The molecule has 5 aromatic rings. The van der Waals surface area contributed by atoms with Crippen molar-refractivity contribution >= 4 is 51.5 Å². The van der Waals surface area contributed by atoms with Crippen LogP contribution in [0.25, 0.3) is 22.5 Å². The molecule has 7 nitrogen and oxygen atoms in total. The topological polar surface area (TPSA) is 83.0 Å². The highest BCUT2D eigenvalue weighted by Crippen LogP contribution is 2.36. The Bertz CT molecular complexity index is 1550. The average molecular weight is 528 g/mol. The summed E-state index contributed by atoms with van der Waals surface area (Å²) in [5.74, 6) is 0.0334. The van der Waals surface area contributed by atoms with Gasteiger partial charge in [-0.25, -0.2) is 0 Å². The number of ether oxygens (including phenoxy) is 1. The number of nitrogens with zero attached hydrogens (tertiary/aromatic N) is 4. The zero-order chi connectivity index (χ0) is 24.5. The lowest BCUT2D eigenvalue weighted by atomic mass is 10.1. The van der Waals surface area contributed by atoms with Crippen molar-refractivity contribution in [3.8, 4) is 17.3 Å². The van der Waals surface area contributed by atoms with Crippen LogP contribution in [-0.2, 0) is 6.54 Å². The molecule has 0 saturated carbocycles. The Morgan fingerprint density at radius 2 is 1.91 bits per heavy atom. The van der Waals surface area contributed by atoms with Gasteiger partial charge in [0.2, 0.25) is 0 Å². The van der Waals surface area contributed by atoms with Crippen molar-refractivity contribution in [2.45, 2.75) is 13.5 Å². The summed E-state index contributed by atoms with van der Waals surface area (Å²) in [5.41, 5.74) is 2.20. The molecular weight excluding hydrogens is 511 g/mol. The predicted octanol–water partition coefficient (Wildman–Crippen LogP) is 6.72. The van der Waals surface area contributed by atoms with Crippen LogP contribution < -0.4 is 4.74 Å². The standard InChI is InChI=1S/C25H17Cl3N4O3/c1-2-34-16-8-9-20-17(12-16)21(23(28)32(20)13-14-6-7-15(26)11-18(14)27)22(33)25-31-30-24(35-25)19-5-3-4-10-29-19/h3-12H,2,13H2,1H3. The van der Waals surface area contributed by atoms with E-state index in [-0.39, 0.29) is 22.5 Å². The molecule has 0 fully saturated rings. The van der Waals surface area contributed by atoms with Crippen molar-refractivity contribution in [1.82, 2.24) is 19.7 Å². The van der Waals surface area contributed by atoms with Crippen molar-refractivity contribution < 1.29 is 13.9 Å². The molecule has 2 aromatic carbocycles. The molecular formula is C25H17Cl3N4O3. The number of aromatic nitrogens is 4. The summed E-state index contributed by atoms with van der Waals surface area (Å²) >= 11 is 19.3. The maximum absolute atomic E-state index is 13.6. The quantitative estimate of drug-likeness (QED) is 0.218. The van der Waals surface area contributed by atoms with Crippen LogP contribution >= 0.6 is 34.8 Å². The summed E-state index contributed by atoms with van der Waals surface area (Å²) < 4.78 is 13.1. The fourth-order valence-corrected chi connectivity index (χ4v) is 4.57. The van der Waals surface area contributed by atoms with Crippen molar-refractivity contribution in [3.05, 3.63) is 93.0 Å². The molecule has 35 heavy (non-hydrogen) atoms. The zero-order valence-electron chi connectivity index (χ0n) is 18.3. The molecule has 0 spiro atoms. The lowest BCUT2D eigenvalue weighted by Gasteiger charge is -2.10. The normalized spacial score (nSPS) is 11.2. The van der Waals surface area contributed by atoms with Gasteiger partial charge >= 0.3 is 0 Å². The van der Waals surface area contributed by atoms with Crippen molar-refractivity contribution in [3.63, 3.8) is 0 Å². The minimum atomic E-state index is -0.510. The van der Waals surface area contributed by atoms with Gasteiger partial charge in [0.1, 0.15) is 16.6 Å². The molecule has 3 aromatic heterocycles. The number of hydrogen-bond acceptors (Lipinski definition) is 6. The van der Waals surface area contributed by atoms with Crippen molar-refractivity contribution in [1.29, 1.82) is 0 Å². The SMILES string of the molecule is CCOc1ccc2c(c1)c(C(=O)c1nnc(-c3ccccn3)o1)c(Cl)n2Cc1ccc(Cl)cc1Cl. The number of ketones is 1. The molecule has 0 aliphatic rings. The van der Waals surface area contributed by atoms with E-state index >= 15 is 0 Å². The summed E-state index contributed by atoms with van der Waals surface area (Å²) in [6.07, 6.45) is 1.60. The molecule has 0 saturated heterocycles. The van der Waals surface area contributed by atoms with Crippen LogP contribution in [0.5, 0.6) is 5.75 Å². The van der Waals surface area contributed by atoms with Gasteiger partial charge in [-0.05, 0) is 55.0 Å². The van der Waals surface area contributed by atoms with E-state index < -0.39 is 5.78 Å². The van der Waals surface area contributed by atoms with E-state index in [2.05, 4.69) is 15.2 Å². The van der Waals surface area contributed by atoms with E-state index in [9.17, 15) is 4.79 Å². The number of fused-ring (bicyclic) bond motifs is 1. The fraction of sp³-hybridized carbons (Fsp3) is 0.120. The number of pyridine rings is 1. The second-order valence-corrected chi connectivity index (χ2v) is 8.76.